The van der Waals surface area contributed by atoms with Crippen LogP contribution in [0.15, 0.2) is 58.8 Å². The van der Waals surface area contributed by atoms with Crippen molar-refractivity contribution in [2.24, 2.45) is 10.7 Å². The molecule has 198 valence electrons. The number of nitrogens with one attached hydrogen (secondary N) is 3. The summed E-state index contributed by atoms with van der Waals surface area (Å²) in [4.78, 5) is 30.8. The normalized spacial score (nSPS) is 15.4. The highest BCUT2D eigenvalue weighted by atomic mass is 32.2. The molecule has 0 atom stereocenters. The molecule has 1 saturated heterocycles. The van der Waals surface area contributed by atoms with Gasteiger partial charge in [0.05, 0.1) is 22.6 Å². The van der Waals surface area contributed by atoms with E-state index in [1.165, 1.54) is 11.8 Å². The second-order valence-electron chi connectivity index (χ2n) is 8.69. The molecule has 2 amide bonds. The minimum Gasteiger partial charge on any atom is -0.393 e. The maximum Gasteiger partial charge on any atom is 0.268 e. The molecule has 1 aliphatic rings. The summed E-state index contributed by atoms with van der Waals surface area (Å²) in [6.45, 7) is 7.59. The summed E-state index contributed by atoms with van der Waals surface area (Å²) < 4.78 is 0. The van der Waals surface area contributed by atoms with E-state index in [-0.39, 0.29) is 23.6 Å². The summed E-state index contributed by atoms with van der Waals surface area (Å²) in [5.74, 6) is -0.387. The summed E-state index contributed by atoms with van der Waals surface area (Å²) in [6, 6.07) is 9.58. The maximum absolute atomic E-state index is 12.2. The minimum absolute atomic E-state index is 0.0990. The van der Waals surface area contributed by atoms with Crippen LogP contribution in [0.4, 0.5) is 0 Å². The first kappa shape index (κ1) is 29.4. The molecular formula is C26H40N6O3S. The fourth-order valence-corrected chi connectivity index (χ4v) is 4.47. The topological polar surface area (TPSA) is 132 Å². The molecule has 0 aliphatic carbocycles. The Kier molecular flexibility index (Phi) is 13.7. The number of nitrogens with two attached hydrogens (primary N) is 1. The smallest absolute Gasteiger partial charge is 0.268 e. The number of carbonyl (C=O) groups is 2. The van der Waals surface area contributed by atoms with Crippen molar-refractivity contribution in [1.29, 1.82) is 0 Å². The Morgan fingerprint density at radius 1 is 1.22 bits per heavy atom. The van der Waals surface area contributed by atoms with E-state index in [1.54, 1.807) is 13.2 Å². The third-order valence-electron chi connectivity index (χ3n) is 5.73. The van der Waals surface area contributed by atoms with Crippen molar-refractivity contribution in [2.45, 2.75) is 44.6 Å². The standard InChI is InChI=1S/C26H40N6O3S/c1-20(31-24(34)18-21-8-4-3-5-9-21)36-25(28-2)10-6-7-13-29-19-23(27)26(35)30-14-17-32-15-11-22(33)12-16-32/h3-5,8-9,19,22,29,33H,1,6-7,10-18,27H2,2H3,(H,30,35)(H,31,34)/b23-19-,28-25-. The monoisotopic (exact) mass is 516 g/mol. The highest BCUT2D eigenvalue weighted by molar-refractivity contribution is 8.17. The lowest BCUT2D eigenvalue weighted by Gasteiger charge is -2.29. The van der Waals surface area contributed by atoms with Gasteiger partial charge in [-0.15, -0.1) is 0 Å². The maximum atomic E-state index is 12.2. The Morgan fingerprint density at radius 2 is 1.94 bits per heavy atom. The molecule has 0 radical (unpaired) electrons. The average Bonchev–Trinajstić information content (AvgIpc) is 2.86. The molecular weight excluding hydrogens is 476 g/mol. The molecule has 9 nitrogen and oxygen atoms in total. The van der Waals surface area contributed by atoms with Crippen LogP contribution in [0, 0.1) is 0 Å². The number of nitrogens with zero attached hydrogens (tertiary/aromatic N) is 2. The molecule has 0 unspecified atom stereocenters. The Labute approximate surface area is 218 Å². The molecule has 10 heteroatoms. The number of hydrogen-bond acceptors (Lipinski definition) is 8. The summed E-state index contributed by atoms with van der Waals surface area (Å²) in [5.41, 5.74) is 6.96. The van der Waals surface area contributed by atoms with Crippen molar-refractivity contribution >= 4 is 28.6 Å². The number of carbonyl (C=O) groups excluding carboxylic acids is 2. The van der Waals surface area contributed by atoms with E-state index in [0.717, 1.165) is 62.3 Å². The van der Waals surface area contributed by atoms with Crippen LogP contribution in [0.5, 0.6) is 0 Å². The first-order chi connectivity index (χ1) is 17.4. The molecule has 1 aromatic carbocycles. The minimum atomic E-state index is -0.288. The highest BCUT2D eigenvalue weighted by Crippen LogP contribution is 2.17. The van der Waals surface area contributed by atoms with Crippen LogP contribution in [0.1, 0.15) is 37.7 Å². The lowest BCUT2D eigenvalue weighted by Crippen LogP contribution is -2.41. The zero-order valence-corrected chi connectivity index (χ0v) is 22.0. The van der Waals surface area contributed by atoms with Crippen molar-refractivity contribution in [2.75, 3.05) is 39.8 Å². The number of hydrogen-bond donors (Lipinski definition) is 5. The van der Waals surface area contributed by atoms with Gasteiger partial charge in [-0.1, -0.05) is 48.7 Å². The molecule has 36 heavy (non-hydrogen) atoms. The van der Waals surface area contributed by atoms with E-state index in [2.05, 4.69) is 32.4 Å². The van der Waals surface area contributed by atoms with Crippen LogP contribution in [0.2, 0.25) is 0 Å². The van der Waals surface area contributed by atoms with Crippen molar-refractivity contribution in [3.8, 4) is 0 Å². The Balaban J connectivity index is 1.55. The third-order valence-corrected chi connectivity index (χ3v) is 6.70. The van der Waals surface area contributed by atoms with Gasteiger partial charge in [0.25, 0.3) is 5.91 Å². The van der Waals surface area contributed by atoms with E-state index in [4.69, 9.17) is 5.73 Å². The summed E-state index contributed by atoms with van der Waals surface area (Å²) >= 11 is 1.38. The van der Waals surface area contributed by atoms with Gasteiger partial charge in [-0.2, -0.15) is 0 Å². The number of rotatable bonds is 14. The van der Waals surface area contributed by atoms with E-state index in [0.29, 0.717) is 24.5 Å². The second-order valence-corrected chi connectivity index (χ2v) is 9.86. The van der Waals surface area contributed by atoms with E-state index in [1.807, 2.05) is 30.3 Å². The first-order valence-corrected chi connectivity index (χ1v) is 13.2. The Morgan fingerprint density at radius 3 is 2.64 bits per heavy atom. The number of piperidine rings is 1. The molecule has 0 aromatic heterocycles. The van der Waals surface area contributed by atoms with Gasteiger partial charge < -0.3 is 31.7 Å². The molecule has 1 heterocycles. The fourth-order valence-electron chi connectivity index (χ4n) is 3.68. The van der Waals surface area contributed by atoms with Crippen molar-refractivity contribution in [3.63, 3.8) is 0 Å². The molecule has 0 bridgehead atoms. The molecule has 2 rings (SSSR count). The van der Waals surface area contributed by atoms with Crippen LogP contribution in [-0.2, 0) is 16.0 Å². The van der Waals surface area contributed by atoms with Crippen LogP contribution in [0.3, 0.4) is 0 Å². The lowest BCUT2D eigenvalue weighted by molar-refractivity contribution is -0.119. The van der Waals surface area contributed by atoms with Crippen LogP contribution in [-0.4, -0.2) is 72.7 Å². The SMILES string of the molecule is C=C(NC(=O)Cc1ccccc1)S/C(CCCCN/C=C(\N)C(=O)NCCN1CCC(O)CC1)=N\C. The van der Waals surface area contributed by atoms with Gasteiger partial charge in [0.1, 0.15) is 5.70 Å². The molecule has 1 aliphatic heterocycles. The number of amides is 2. The first-order valence-electron chi connectivity index (χ1n) is 12.4. The average molecular weight is 517 g/mol. The van der Waals surface area contributed by atoms with Gasteiger partial charge >= 0.3 is 0 Å². The summed E-state index contributed by atoms with van der Waals surface area (Å²) in [7, 11) is 1.73. The summed E-state index contributed by atoms with van der Waals surface area (Å²) in [5, 5.41) is 19.7. The van der Waals surface area contributed by atoms with E-state index < -0.39 is 0 Å². The number of aliphatic hydroxyl groups excluding tert-OH is 1. The summed E-state index contributed by atoms with van der Waals surface area (Å²) in [6.07, 6.45) is 5.75. The number of aliphatic imine (C=N–C) groups is 1. The van der Waals surface area contributed by atoms with Crippen LogP contribution in [0.25, 0.3) is 0 Å². The number of thioether (sulfide) groups is 1. The molecule has 6 N–H and O–H groups in total. The second kappa shape index (κ2) is 16.8. The van der Waals surface area contributed by atoms with Gasteiger partial charge in [0.2, 0.25) is 5.91 Å². The number of aliphatic hydroxyl groups is 1. The van der Waals surface area contributed by atoms with E-state index >= 15 is 0 Å². The number of likely N-dealkylation sites (tertiary alicyclic amines) is 1. The van der Waals surface area contributed by atoms with Gasteiger partial charge in [-0.25, -0.2) is 0 Å². The van der Waals surface area contributed by atoms with Crippen molar-refractivity contribution < 1.29 is 14.7 Å². The Hall–Kier alpha value is -2.82. The van der Waals surface area contributed by atoms with Crippen LogP contribution < -0.4 is 21.7 Å². The number of unbranched alkanes of at least 4 members (excludes halogenated alkanes) is 1. The predicted molar refractivity (Wildman–Crippen MR) is 147 cm³/mol. The van der Waals surface area contributed by atoms with Crippen LogP contribution >= 0.6 is 11.8 Å². The molecule has 0 spiro atoms. The molecule has 1 fully saturated rings. The van der Waals surface area contributed by atoms with Gasteiger partial charge in [-0.05, 0) is 37.7 Å². The zero-order valence-electron chi connectivity index (χ0n) is 21.2. The van der Waals surface area contributed by atoms with Crippen molar-refractivity contribution in [3.05, 3.63) is 59.4 Å². The van der Waals surface area contributed by atoms with Gasteiger partial charge in [0.15, 0.2) is 0 Å². The largest absolute Gasteiger partial charge is 0.393 e. The zero-order chi connectivity index (χ0) is 26.2. The Bertz CT molecular complexity index is 898. The highest BCUT2D eigenvalue weighted by Gasteiger charge is 2.16. The van der Waals surface area contributed by atoms with Gasteiger partial charge in [-0.3, -0.25) is 14.6 Å². The predicted octanol–water partition coefficient (Wildman–Crippen LogP) is 1.71. The number of benzene rings is 1. The van der Waals surface area contributed by atoms with Gasteiger partial charge in [0, 0.05) is 46.0 Å². The molecule has 0 saturated carbocycles. The molecule has 1 aromatic rings. The van der Waals surface area contributed by atoms with E-state index in [9.17, 15) is 14.7 Å². The quantitative estimate of drug-likeness (QED) is 0.110. The fraction of sp³-hybridized carbons (Fsp3) is 0.500. The van der Waals surface area contributed by atoms with Crippen molar-refractivity contribution in [1.82, 2.24) is 20.9 Å². The third kappa shape index (κ3) is 12.2. The lowest BCUT2D eigenvalue weighted by atomic mass is 10.1.